The first-order chi connectivity index (χ1) is 32.6. The molecule has 0 saturated carbocycles. The van der Waals surface area contributed by atoms with Crippen LogP contribution in [0.15, 0.2) is 24.8 Å². The molecular weight excluding hydrogens is 987 g/mol. The highest BCUT2D eigenvalue weighted by Gasteiger charge is 2.50. The van der Waals surface area contributed by atoms with Crippen LogP contribution in [0.1, 0.15) is 136 Å². The lowest BCUT2D eigenvalue weighted by atomic mass is 9.87. The number of hydrogen-bond acceptors (Lipinski definition) is 18. The Kier molecular flexibility index (Phi) is 26.7. The molecule has 1 aliphatic heterocycles. The lowest BCUT2D eigenvalue weighted by molar-refractivity contribution is -0.137. The molecule has 1 fully saturated rings. The number of aliphatic hydroxyl groups excluding tert-OH is 2. The molecule has 2 unspecified atom stereocenters. The van der Waals surface area contributed by atoms with Crippen molar-refractivity contribution in [3.63, 3.8) is 0 Å². The summed E-state index contributed by atoms with van der Waals surface area (Å²) in [5, 5.41) is 26.5. The van der Waals surface area contributed by atoms with Crippen LogP contribution in [0, 0.1) is 5.41 Å². The molecule has 28 heteroatoms. The second-order valence-electron chi connectivity index (χ2n) is 17.4. The number of nitrogen functional groups attached to an aromatic ring is 1. The number of aliphatic hydroxyl groups is 2. The standard InChI is InChI=1S/C41H72N7O17P3S/c1-4-5-6-7-8-9-10-11-12-13-14-15-16-17-18-19-20-21-32(50)69-25-24-43-31(49)22-23-44-39(53)36(52)41(2,3)27-62-68(59,60)65-67(57,58)61-26-30-35(64-66(54,55)56)34(51)40(63-30)48-29-47-33-37(42)45-28-46-38(33)48/h20-21,28-30,34-36,40,51-52H,4-19,22-27H2,1-3H3,(H,43,49)(H,44,53)(H,57,58)(H,59,60)(H2,42,45,46)(H2,54,55,56)/t30-,34-,35-,36+,40-/m1/s1. The minimum Gasteiger partial charge on any atom is -0.386 e. The number of ether oxygens (including phenoxy) is 1. The molecule has 7 atom stereocenters. The van der Waals surface area contributed by atoms with Gasteiger partial charge >= 0.3 is 23.5 Å². The summed E-state index contributed by atoms with van der Waals surface area (Å²) < 4.78 is 62.5. The van der Waals surface area contributed by atoms with Crippen LogP contribution in [0.3, 0.4) is 0 Å². The minimum absolute atomic E-state index is 0.0327. The summed E-state index contributed by atoms with van der Waals surface area (Å²) in [6.45, 7) is 2.77. The van der Waals surface area contributed by atoms with Gasteiger partial charge in [0.25, 0.3) is 0 Å². The largest absolute Gasteiger partial charge is 0.481 e. The van der Waals surface area contributed by atoms with E-state index < -0.39 is 84.6 Å². The maximum atomic E-state index is 12.7. The lowest BCUT2D eigenvalue weighted by Crippen LogP contribution is -2.46. The summed E-state index contributed by atoms with van der Waals surface area (Å²) in [7, 11) is -16.4. The van der Waals surface area contributed by atoms with Crippen LogP contribution in [-0.4, -0.2) is 123 Å². The number of amides is 2. The summed E-state index contributed by atoms with van der Waals surface area (Å²) in [4.78, 5) is 88.3. The number of nitrogens with one attached hydrogen (secondary N) is 2. The maximum Gasteiger partial charge on any atom is 0.481 e. The summed E-state index contributed by atoms with van der Waals surface area (Å²) in [5.41, 5.74) is 4.28. The topological polar surface area (TPSA) is 364 Å². The predicted octanol–water partition coefficient (Wildman–Crippen LogP) is 5.48. The number of allylic oxidation sites excluding steroid dienone is 1. The molecule has 0 bridgehead atoms. The fraction of sp³-hybridized carbons (Fsp3) is 0.756. The van der Waals surface area contributed by atoms with Crippen LogP contribution < -0.4 is 16.4 Å². The number of rotatable bonds is 36. The van der Waals surface area contributed by atoms with Crippen LogP contribution >= 0.6 is 35.2 Å². The molecule has 0 aliphatic carbocycles. The zero-order valence-corrected chi connectivity index (χ0v) is 43.0. The van der Waals surface area contributed by atoms with Gasteiger partial charge in [-0.2, -0.15) is 4.31 Å². The van der Waals surface area contributed by atoms with Gasteiger partial charge in [-0.05, 0) is 18.9 Å². The van der Waals surface area contributed by atoms with E-state index in [1.165, 1.54) is 97.3 Å². The summed E-state index contributed by atoms with van der Waals surface area (Å²) >= 11 is 1.07. The molecule has 69 heavy (non-hydrogen) atoms. The quantitative estimate of drug-likeness (QED) is 0.0232. The monoisotopic (exact) mass is 1060 g/mol. The zero-order chi connectivity index (χ0) is 51.1. The maximum absolute atomic E-state index is 12.7. The van der Waals surface area contributed by atoms with Crippen molar-refractivity contribution in [3.05, 3.63) is 24.8 Å². The molecule has 10 N–H and O–H groups in total. The number of hydrogen-bond donors (Lipinski definition) is 9. The van der Waals surface area contributed by atoms with Crippen LogP contribution in [0.25, 0.3) is 11.2 Å². The average molecular weight is 1060 g/mol. The first kappa shape index (κ1) is 60.6. The summed E-state index contributed by atoms with van der Waals surface area (Å²) in [6.07, 6.45) is 16.8. The number of imidazole rings is 1. The Morgan fingerprint density at radius 3 is 2.09 bits per heavy atom. The molecular formula is C41H72N7O17P3S. The zero-order valence-electron chi connectivity index (χ0n) is 39.5. The van der Waals surface area contributed by atoms with Crippen molar-refractivity contribution < 1.29 is 80.5 Å². The van der Waals surface area contributed by atoms with E-state index in [-0.39, 0.29) is 41.6 Å². The fourth-order valence-corrected chi connectivity index (χ4v) is 10.6. The second kappa shape index (κ2) is 30.4. The molecule has 0 radical (unpaired) electrons. The van der Waals surface area contributed by atoms with Gasteiger partial charge in [0.05, 0.1) is 19.5 Å². The Morgan fingerprint density at radius 2 is 1.48 bits per heavy atom. The van der Waals surface area contributed by atoms with Gasteiger partial charge in [0.2, 0.25) is 16.9 Å². The van der Waals surface area contributed by atoms with E-state index in [1.807, 2.05) is 6.08 Å². The third kappa shape index (κ3) is 23.2. The molecule has 2 aromatic rings. The third-order valence-electron chi connectivity index (χ3n) is 11.0. The van der Waals surface area contributed by atoms with E-state index in [4.69, 9.17) is 19.5 Å². The highest BCUT2D eigenvalue weighted by Crippen LogP contribution is 2.61. The fourth-order valence-electron chi connectivity index (χ4n) is 7.14. The van der Waals surface area contributed by atoms with Gasteiger partial charge in [0.1, 0.15) is 36.3 Å². The first-order valence-corrected chi connectivity index (χ1v) is 28.8. The Balaban J connectivity index is 1.28. The molecule has 3 heterocycles. The number of thioether (sulfide) groups is 1. The normalized spacial score (nSPS) is 20.0. The van der Waals surface area contributed by atoms with E-state index in [1.54, 1.807) is 6.08 Å². The molecule has 3 rings (SSSR count). The van der Waals surface area contributed by atoms with Gasteiger partial charge in [-0.15, -0.1) is 0 Å². The van der Waals surface area contributed by atoms with Gasteiger partial charge in [-0.3, -0.25) is 32.5 Å². The van der Waals surface area contributed by atoms with Gasteiger partial charge in [-0.25, -0.2) is 28.6 Å². The van der Waals surface area contributed by atoms with Crippen molar-refractivity contribution in [2.75, 3.05) is 37.8 Å². The van der Waals surface area contributed by atoms with Crippen molar-refractivity contribution in [2.24, 2.45) is 5.41 Å². The highest BCUT2D eigenvalue weighted by atomic mass is 32.2. The van der Waals surface area contributed by atoms with E-state index in [0.29, 0.717) is 5.75 Å². The van der Waals surface area contributed by atoms with Crippen LogP contribution in [0.5, 0.6) is 0 Å². The van der Waals surface area contributed by atoms with E-state index in [0.717, 1.165) is 48.2 Å². The molecule has 0 spiro atoms. The molecule has 0 aromatic carbocycles. The Hall–Kier alpha value is -2.70. The Bertz CT molecular complexity index is 2080. The minimum atomic E-state index is -5.58. The lowest BCUT2D eigenvalue weighted by Gasteiger charge is -2.30. The van der Waals surface area contributed by atoms with Crippen LogP contribution in [-0.2, 0) is 50.7 Å². The van der Waals surface area contributed by atoms with Gasteiger partial charge in [0, 0.05) is 30.7 Å². The number of phosphoric acid groups is 3. The highest BCUT2D eigenvalue weighted by molar-refractivity contribution is 8.14. The van der Waals surface area contributed by atoms with Crippen LogP contribution in [0.2, 0.25) is 0 Å². The number of nitrogens with zero attached hydrogens (tertiary/aromatic N) is 4. The number of fused-ring (bicyclic) bond motifs is 1. The van der Waals surface area contributed by atoms with Gasteiger partial charge in [0.15, 0.2) is 17.7 Å². The van der Waals surface area contributed by atoms with Gasteiger partial charge in [-0.1, -0.05) is 129 Å². The molecule has 1 saturated heterocycles. The number of unbranched alkanes of at least 4 members (excludes halogenated alkanes) is 15. The van der Waals surface area contributed by atoms with E-state index in [2.05, 4.69) is 41.3 Å². The number of anilines is 1. The SMILES string of the molecule is CCCCCCCCCCCCCCCCCC=CC(=O)SCCNC(=O)CCNC(=O)[C@H](O)C(C)(C)COP(=O)(O)OP(=O)(O)OC[C@H]1O[C@@H](n2cnc3c(N)ncnc32)[C@H](O)[C@@H]1OP(=O)(O)O. The molecule has 394 valence electrons. The predicted molar refractivity (Wildman–Crippen MR) is 256 cm³/mol. The second-order valence-corrected chi connectivity index (χ2v) is 22.7. The third-order valence-corrected chi connectivity index (χ3v) is 14.9. The molecule has 2 aromatic heterocycles. The number of phosphoric ester groups is 3. The average Bonchev–Trinajstić information content (AvgIpc) is 3.84. The van der Waals surface area contributed by atoms with Crippen molar-refractivity contribution in [2.45, 2.75) is 161 Å². The van der Waals surface area contributed by atoms with Gasteiger partial charge < -0.3 is 50.9 Å². The number of carbonyl (C=O) groups is 3. The summed E-state index contributed by atoms with van der Waals surface area (Å²) in [5.74, 6) is -1.09. The number of nitrogens with two attached hydrogens (primary N) is 1. The Labute approximate surface area is 407 Å². The Morgan fingerprint density at radius 1 is 0.884 bits per heavy atom. The number of carbonyl (C=O) groups excluding carboxylic acids is 3. The van der Waals surface area contributed by atoms with E-state index >= 15 is 0 Å². The van der Waals surface area contributed by atoms with Crippen LogP contribution in [0.4, 0.5) is 5.82 Å². The molecule has 24 nitrogen and oxygen atoms in total. The molecule has 1 aliphatic rings. The first-order valence-electron chi connectivity index (χ1n) is 23.3. The van der Waals surface area contributed by atoms with E-state index in [9.17, 15) is 57.9 Å². The summed E-state index contributed by atoms with van der Waals surface area (Å²) in [6, 6.07) is 0. The number of aromatic nitrogens is 4. The van der Waals surface area contributed by atoms with Crippen molar-refractivity contribution in [1.29, 1.82) is 0 Å². The van der Waals surface area contributed by atoms with Crippen molar-refractivity contribution in [1.82, 2.24) is 30.2 Å². The van der Waals surface area contributed by atoms with Crippen molar-refractivity contribution in [3.8, 4) is 0 Å². The molecule has 2 amide bonds. The smallest absolute Gasteiger partial charge is 0.386 e. The van der Waals surface area contributed by atoms with Crippen molar-refractivity contribution >= 4 is 69.1 Å².